The molecule has 3 aromatic heterocycles. The molecule has 3 aliphatic heterocycles. The highest BCUT2D eigenvalue weighted by Gasteiger charge is 2.44. The minimum absolute atomic E-state index is 0.0268. The number of aromatic nitrogens is 4. The highest BCUT2D eigenvalue weighted by Crippen LogP contribution is 2.39. The number of aldehydes is 1. The van der Waals surface area contributed by atoms with E-state index in [0.29, 0.717) is 71.8 Å². The Morgan fingerprint density at radius 1 is 1.02 bits per heavy atom. The van der Waals surface area contributed by atoms with Gasteiger partial charge >= 0.3 is 0 Å². The lowest BCUT2D eigenvalue weighted by Crippen LogP contribution is -2.52. The number of pyridine rings is 2. The quantitative estimate of drug-likeness (QED) is 0.104. The Labute approximate surface area is 321 Å². The minimum Gasteiger partial charge on any atom is -0.368 e. The number of imide groups is 1. The number of fused-ring (bicyclic) bond motifs is 2. The number of anilines is 3. The second kappa shape index (κ2) is 15.1. The molecule has 0 spiro atoms. The summed E-state index contributed by atoms with van der Waals surface area (Å²) >= 11 is 0. The summed E-state index contributed by atoms with van der Waals surface area (Å²) in [6, 6.07) is 4.98. The molecule has 3 fully saturated rings. The number of nitrogens with one attached hydrogen (secondary N) is 2. The number of rotatable bonds is 10. The van der Waals surface area contributed by atoms with Crippen LogP contribution >= 0.6 is 0 Å². The molecule has 1 saturated carbocycles. The summed E-state index contributed by atoms with van der Waals surface area (Å²) in [6.45, 7) is 6.17. The van der Waals surface area contributed by atoms with Crippen LogP contribution in [0, 0.1) is 12.7 Å². The van der Waals surface area contributed by atoms with Crippen LogP contribution in [0.4, 0.5) is 21.8 Å². The molecule has 290 valence electrons. The highest BCUT2D eigenvalue weighted by molar-refractivity contribution is 6.27. The molecule has 15 nitrogen and oxygen atoms in total. The maximum Gasteiger partial charge on any atom is 0.263 e. The second-order valence-corrected chi connectivity index (χ2v) is 15.1. The average molecular weight is 764 g/mol. The number of ketones is 2. The number of piperidine rings is 1. The number of carbonyl (C=O) groups excluding carboxylic acids is 5. The van der Waals surface area contributed by atoms with Gasteiger partial charge in [0.2, 0.25) is 23.5 Å². The van der Waals surface area contributed by atoms with Gasteiger partial charge in [0.25, 0.3) is 5.56 Å². The van der Waals surface area contributed by atoms with Gasteiger partial charge in [-0.25, -0.2) is 14.4 Å². The predicted octanol–water partition coefficient (Wildman–Crippen LogP) is 3.45. The van der Waals surface area contributed by atoms with Crippen molar-refractivity contribution in [2.24, 2.45) is 0 Å². The van der Waals surface area contributed by atoms with E-state index in [9.17, 15) is 28.8 Å². The number of nitrogens with zero attached hydrogens (tertiary/aromatic N) is 7. The first-order chi connectivity index (χ1) is 27.0. The van der Waals surface area contributed by atoms with E-state index in [1.807, 2.05) is 12.1 Å². The molecule has 8 rings (SSSR count). The van der Waals surface area contributed by atoms with Gasteiger partial charge < -0.3 is 10.2 Å². The van der Waals surface area contributed by atoms with Crippen molar-refractivity contribution in [3.8, 4) is 0 Å². The lowest BCUT2D eigenvalue weighted by atomic mass is 9.97. The molecule has 16 heteroatoms. The number of aryl methyl sites for hydroxylation is 1. The van der Waals surface area contributed by atoms with Crippen LogP contribution in [-0.4, -0.2) is 91.2 Å². The molecule has 2 amide bonds. The standard InChI is InChI=1S/C40H42FN9O6/c1-22-29-18-43-40(46-37(29)50(26-5-3-4-6-26)39(56)35(22)23(2)52)44-33-9-7-27(17-42-33)48-13-11-47(12-14-48)19-25-15-28-24(16-30(25)41)20-49(36(28)32(53)21-51)31-8-10-34(54)45-38(31)55/h7,9,15-18,21,26,31,36H,3-6,8,10-14,19-20H2,1-2H3,(H,45,54,55)(H,42,43,44,46). The summed E-state index contributed by atoms with van der Waals surface area (Å²) in [5.41, 5.74) is 3.31. The third-order valence-electron chi connectivity index (χ3n) is 11.7. The zero-order valence-corrected chi connectivity index (χ0v) is 31.2. The van der Waals surface area contributed by atoms with Crippen molar-refractivity contribution in [1.29, 1.82) is 0 Å². The van der Waals surface area contributed by atoms with Crippen molar-refractivity contribution in [2.75, 3.05) is 36.4 Å². The van der Waals surface area contributed by atoms with Gasteiger partial charge in [0.1, 0.15) is 23.3 Å². The number of amides is 2. The third-order valence-corrected chi connectivity index (χ3v) is 11.7. The van der Waals surface area contributed by atoms with Gasteiger partial charge in [-0.15, -0.1) is 0 Å². The van der Waals surface area contributed by atoms with Crippen LogP contribution in [0.25, 0.3) is 11.0 Å². The predicted molar refractivity (Wildman–Crippen MR) is 203 cm³/mol. The molecule has 2 saturated heterocycles. The van der Waals surface area contributed by atoms with E-state index in [4.69, 9.17) is 4.98 Å². The summed E-state index contributed by atoms with van der Waals surface area (Å²) < 4.78 is 17.2. The summed E-state index contributed by atoms with van der Waals surface area (Å²) in [6.07, 6.45) is 7.70. The van der Waals surface area contributed by atoms with Crippen LogP contribution < -0.4 is 21.1 Å². The lowest BCUT2D eigenvalue weighted by molar-refractivity contribution is -0.141. The summed E-state index contributed by atoms with van der Waals surface area (Å²) in [5, 5.41) is 6.13. The Hall–Kier alpha value is -5.74. The van der Waals surface area contributed by atoms with Crippen LogP contribution in [0.15, 0.2) is 41.5 Å². The van der Waals surface area contributed by atoms with Crippen LogP contribution in [0.3, 0.4) is 0 Å². The van der Waals surface area contributed by atoms with Crippen LogP contribution in [0.1, 0.15) is 90.1 Å². The molecule has 4 aliphatic rings. The van der Waals surface area contributed by atoms with E-state index in [2.05, 4.69) is 30.4 Å². The first-order valence-corrected chi connectivity index (χ1v) is 19.0. The normalized spacial score (nSPS) is 20.7. The molecule has 1 aromatic carbocycles. The smallest absolute Gasteiger partial charge is 0.263 e. The van der Waals surface area contributed by atoms with Crippen molar-refractivity contribution in [1.82, 2.24) is 34.6 Å². The topological polar surface area (TPSA) is 180 Å². The van der Waals surface area contributed by atoms with Crippen molar-refractivity contribution >= 4 is 58.2 Å². The van der Waals surface area contributed by atoms with Crippen LogP contribution in [0.2, 0.25) is 0 Å². The molecule has 0 bridgehead atoms. The van der Waals surface area contributed by atoms with E-state index in [-0.39, 0.29) is 60.5 Å². The van der Waals surface area contributed by atoms with E-state index in [0.717, 1.165) is 31.4 Å². The van der Waals surface area contributed by atoms with Crippen LogP contribution in [0.5, 0.6) is 0 Å². The number of halogens is 1. The van der Waals surface area contributed by atoms with Gasteiger partial charge in [0.05, 0.1) is 23.5 Å². The zero-order valence-electron chi connectivity index (χ0n) is 31.2. The minimum atomic E-state index is -1.02. The zero-order chi connectivity index (χ0) is 39.2. The third kappa shape index (κ3) is 6.87. The van der Waals surface area contributed by atoms with Crippen LogP contribution in [-0.2, 0) is 32.3 Å². The van der Waals surface area contributed by atoms with Gasteiger partial charge in [0.15, 0.2) is 12.1 Å². The maximum atomic E-state index is 15.5. The lowest BCUT2D eigenvalue weighted by Gasteiger charge is -2.36. The van der Waals surface area contributed by atoms with Gasteiger partial charge in [-0.1, -0.05) is 12.8 Å². The van der Waals surface area contributed by atoms with E-state index in [1.165, 1.54) is 13.0 Å². The highest BCUT2D eigenvalue weighted by atomic mass is 19.1. The van der Waals surface area contributed by atoms with Gasteiger partial charge in [-0.3, -0.25) is 48.5 Å². The molecule has 4 aromatic rings. The monoisotopic (exact) mass is 763 g/mol. The fraction of sp³-hybridized carbons (Fsp3) is 0.425. The van der Waals surface area contributed by atoms with E-state index in [1.54, 1.807) is 34.9 Å². The largest absolute Gasteiger partial charge is 0.368 e. The number of piperazine rings is 1. The number of hydrogen-bond acceptors (Lipinski definition) is 13. The average Bonchev–Trinajstić information content (AvgIpc) is 3.84. The maximum absolute atomic E-state index is 15.5. The van der Waals surface area contributed by atoms with Crippen molar-refractivity contribution in [2.45, 2.75) is 83.6 Å². The molecule has 2 unspecified atom stereocenters. The van der Waals surface area contributed by atoms with Gasteiger partial charge in [-0.2, -0.15) is 4.98 Å². The van der Waals surface area contributed by atoms with Gasteiger partial charge in [-0.05, 0) is 74.1 Å². The molecule has 2 N–H and O–H groups in total. The molecule has 2 atom stereocenters. The summed E-state index contributed by atoms with van der Waals surface area (Å²) in [5.74, 6) is -1.51. The molecule has 6 heterocycles. The fourth-order valence-electron chi connectivity index (χ4n) is 8.80. The fourth-order valence-corrected chi connectivity index (χ4v) is 8.80. The Kier molecular flexibility index (Phi) is 10.0. The van der Waals surface area contributed by atoms with Gasteiger partial charge in [0, 0.05) is 68.9 Å². The second-order valence-electron chi connectivity index (χ2n) is 15.1. The number of hydrogen-bond donors (Lipinski definition) is 2. The van der Waals surface area contributed by atoms with Crippen molar-refractivity contribution < 1.29 is 28.4 Å². The molecular formula is C40H42FN9O6. The first-order valence-electron chi connectivity index (χ1n) is 19.0. The Morgan fingerprint density at radius 3 is 2.46 bits per heavy atom. The Bertz CT molecular complexity index is 2330. The van der Waals surface area contributed by atoms with Crippen molar-refractivity contribution in [3.63, 3.8) is 0 Å². The number of carbonyl (C=O) groups is 5. The number of Topliss-reactive ketones (excluding diaryl/α,β-unsaturated/α-hetero) is 2. The summed E-state index contributed by atoms with van der Waals surface area (Å²) in [4.78, 5) is 94.7. The van der Waals surface area contributed by atoms with E-state index >= 15 is 4.39 Å². The SMILES string of the molecule is CC(=O)c1c(C)c2cnc(Nc3ccc(N4CCN(Cc5cc6c(cc5F)CN(C5CCC(=O)NC5=O)C6C(=O)C=O)CC4)cn3)nc2n(C2CCCC2)c1=O. The van der Waals surface area contributed by atoms with E-state index < -0.39 is 29.6 Å². The first kappa shape index (κ1) is 37.2. The molecule has 0 radical (unpaired) electrons. The molecule has 56 heavy (non-hydrogen) atoms. The Balaban J connectivity index is 0.930. The molecule has 1 aliphatic carbocycles. The van der Waals surface area contributed by atoms with Crippen molar-refractivity contribution in [3.05, 3.63) is 80.6 Å². The molecular weight excluding hydrogens is 721 g/mol. The summed E-state index contributed by atoms with van der Waals surface area (Å²) in [7, 11) is 0. The Morgan fingerprint density at radius 2 is 1.79 bits per heavy atom. The number of benzene rings is 1.